The normalized spacial score (nSPS) is 12.3. The van der Waals surface area contributed by atoms with E-state index in [0.717, 1.165) is 12.1 Å². The zero-order valence-corrected chi connectivity index (χ0v) is 9.40. The predicted octanol–water partition coefficient (Wildman–Crippen LogP) is 1.59. The molecule has 82 valence electrons. The molecular formula is C12H17NO2. The predicted molar refractivity (Wildman–Crippen MR) is 60.9 cm³/mol. The number of hydrogen-bond acceptors (Lipinski definition) is 2. The minimum atomic E-state index is -0.958. The zero-order valence-electron chi connectivity index (χ0n) is 9.40. The van der Waals surface area contributed by atoms with Crippen LogP contribution in [0.5, 0.6) is 0 Å². The summed E-state index contributed by atoms with van der Waals surface area (Å²) in [6.45, 7) is 3.55. The molecule has 15 heavy (non-hydrogen) atoms. The fourth-order valence-corrected chi connectivity index (χ4v) is 1.36. The third-order valence-corrected chi connectivity index (χ3v) is 2.42. The van der Waals surface area contributed by atoms with Crippen molar-refractivity contribution in [1.29, 1.82) is 0 Å². The van der Waals surface area contributed by atoms with E-state index in [1.165, 1.54) is 17.4 Å². The van der Waals surface area contributed by atoms with Crippen molar-refractivity contribution in [3.63, 3.8) is 0 Å². The molecule has 1 rings (SSSR count). The van der Waals surface area contributed by atoms with Crippen LogP contribution in [0.1, 0.15) is 19.4 Å². The molecule has 1 unspecified atom stereocenters. The molecule has 1 atom stereocenters. The molecule has 0 radical (unpaired) electrons. The summed E-state index contributed by atoms with van der Waals surface area (Å²) in [6, 6.07) is 7.75. The van der Waals surface area contributed by atoms with E-state index in [0.29, 0.717) is 0 Å². The molecule has 3 nitrogen and oxygen atoms in total. The molecule has 0 aromatic heterocycles. The highest BCUT2D eigenvalue weighted by Crippen LogP contribution is 2.14. The van der Waals surface area contributed by atoms with Gasteiger partial charge in [0.05, 0.1) is 0 Å². The largest absolute Gasteiger partial charge is 0.384 e. The average Bonchev–Trinajstić information content (AvgIpc) is 2.27. The summed E-state index contributed by atoms with van der Waals surface area (Å²) in [5, 5.41) is 9.16. The first-order valence-corrected chi connectivity index (χ1v) is 5.10. The van der Waals surface area contributed by atoms with Crippen LogP contribution < -0.4 is 4.90 Å². The summed E-state index contributed by atoms with van der Waals surface area (Å²) in [6.07, 6.45) is 0.0230. The lowest BCUT2D eigenvalue weighted by atomic mass is 10.1. The Bertz CT molecular complexity index is 330. The third kappa shape index (κ3) is 2.80. The molecule has 0 saturated heterocycles. The van der Waals surface area contributed by atoms with Gasteiger partial charge in [0.2, 0.25) is 0 Å². The van der Waals surface area contributed by atoms with Crippen molar-refractivity contribution in [3.8, 4) is 0 Å². The second-order valence-corrected chi connectivity index (χ2v) is 3.59. The fraction of sp³-hybridized carbons (Fsp3) is 0.417. The van der Waals surface area contributed by atoms with Crippen LogP contribution in [0.15, 0.2) is 24.3 Å². The van der Waals surface area contributed by atoms with Gasteiger partial charge in [0.1, 0.15) is 6.10 Å². The van der Waals surface area contributed by atoms with E-state index in [1.54, 1.807) is 7.05 Å². The molecular weight excluding hydrogens is 190 g/mol. The Morgan fingerprint density at radius 3 is 2.33 bits per heavy atom. The molecule has 0 aliphatic carbocycles. The van der Waals surface area contributed by atoms with Crippen molar-refractivity contribution in [3.05, 3.63) is 29.8 Å². The number of carbonyl (C=O) groups excluding carboxylic acids is 1. The first-order valence-electron chi connectivity index (χ1n) is 5.10. The Morgan fingerprint density at radius 1 is 1.40 bits per heavy atom. The SMILES string of the molecule is CCc1ccc(N(C)C(=O)C(C)O)cc1. The van der Waals surface area contributed by atoms with Crippen LogP contribution >= 0.6 is 0 Å². The standard InChI is InChI=1S/C12H17NO2/c1-4-10-5-7-11(8-6-10)13(3)12(15)9(2)14/h5-9,14H,4H2,1-3H3. The molecule has 0 fully saturated rings. The van der Waals surface area contributed by atoms with Gasteiger partial charge in [-0.3, -0.25) is 4.79 Å². The van der Waals surface area contributed by atoms with Crippen LogP contribution in [-0.2, 0) is 11.2 Å². The van der Waals surface area contributed by atoms with Crippen LogP contribution in [0.3, 0.4) is 0 Å². The number of aliphatic hydroxyl groups excluding tert-OH is 1. The van der Waals surface area contributed by atoms with Gasteiger partial charge < -0.3 is 10.0 Å². The van der Waals surface area contributed by atoms with Crippen molar-refractivity contribution in [2.75, 3.05) is 11.9 Å². The summed E-state index contributed by atoms with van der Waals surface area (Å²) < 4.78 is 0. The summed E-state index contributed by atoms with van der Waals surface area (Å²) in [7, 11) is 1.66. The molecule has 1 aromatic rings. The number of carbonyl (C=O) groups is 1. The highest BCUT2D eigenvalue weighted by atomic mass is 16.3. The Labute approximate surface area is 90.3 Å². The van der Waals surface area contributed by atoms with Gasteiger partial charge in [-0.15, -0.1) is 0 Å². The zero-order chi connectivity index (χ0) is 11.4. The molecule has 3 heteroatoms. The van der Waals surface area contributed by atoms with Crippen LogP contribution in [-0.4, -0.2) is 24.2 Å². The highest BCUT2D eigenvalue weighted by molar-refractivity contribution is 5.95. The van der Waals surface area contributed by atoms with E-state index in [2.05, 4.69) is 6.92 Å². The number of amides is 1. The number of anilines is 1. The fourth-order valence-electron chi connectivity index (χ4n) is 1.36. The lowest BCUT2D eigenvalue weighted by Crippen LogP contribution is -2.34. The number of aryl methyl sites for hydroxylation is 1. The maximum Gasteiger partial charge on any atom is 0.255 e. The van der Waals surface area contributed by atoms with E-state index in [1.807, 2.05) is 24.3 Å². The molecule has 0 saturated carbocycles. The Morgan fingerprint density at radius 2 is 1.93 bits per heavy atom. The third-order valence-electron chi connectivity index (χ3n) is 2.42. The van der Waals surface area contributed by atoms with Crippen LogP contribution in [0.2, 0.25) is 0 Å². The second-order valence-electron chi connectivity index (χ2n) is 3.59. The quantitative estimate of drug-likeness (QED) is 0.817. The first-order chi connectivity index (χ1) is 7.06. The summed E-state index contributed by atoms with van der Waals surface area (Å²) in [5.41, 5.74) is 2.04. The molecule has 0 spiro atoms. The molecule has 0 aliphatic rings. The first kappa shape index (κ1) is 11.7. The van der Waals surface area contributed by atoms with E-state index in [4.69, 9.17) is 5.11 Å². The summed E-state index contributed by atoms with van der Waals surface area (Å²) in [4.78, 5) is 12.9. The Kier molecular flexibility index (Phi) is 3.86. The Hall–Kier alpha value is -1.35. The number of rotatable bonds is 3. The van der Waals surface area contributed by atoms with Crippen LogP contribution in [0, 0.1) is 0 Å². The van der Waals surface area contributed by atoms with Crippen LogP contribution in [0.4, 0.5) is 5.69 Å². The molecule has 0 heterocycles. The van der Waals surface area contributed by atoms with Crippen LogP contribution in [0.25, 0.3) is 0 Å². The minimum Gasteiger partial charge on any atom is -0.384 e. The highest BCUT2D eigenvalue weighted by Gasteiger charge is 2.15. The molecule has 0 aliphatic heterocycles. The van der Waals surface area contributed by atoms with E-state index >= 15 is 0 Å². The molecule has 1 amide bonds. The van der Waals surface area contributed by atoms with Gasteiger partial charge in [-0.25, -0.2) is 0 Å². The Balaban J connectivity index is 2.82. The van der Waals surface area contributed by atoms with E-state index < -0.39 is 6.10 Å². The van der Waals surface area contributed by atoms with Gasteiger partial charge in [0.15, 0.2) is 0 Å². The number of benzene rings is 1. The number of likely N-dealkylation sites (N-methyl/N-ethyl adjacent to an activating group) is 1. The monoisotopic (exact) mass is 207 g/mol. The van der Waals surface area contributed by atoms with Gasteiger partial charge in [0, 0.05) is 12.7 Å². The van der Waals surface area contributed by atoms with Gasteiger partial charge in [0.25, 0.3) is 5.91 Å². The lowest BCUT2D eigenvalue weighted by Gasteiger charge is -2.19. The average molecular weight is 207 g/mol. The van der Waals surface area contributed by atoms with Gasteiger partial charge in [-0.1, -0.05) is 19.1 Å². The molecule has 1 aromatic carbocycles. The van der Waals surface area contributed by atoms with Crippen molar-refractivity contribution >= 4 is 11.6 Å². The van der Waals surface area contributed by atoms with Crippen molar-refractivity contribution in [2.24, 2.45) is 0 Å². The van der Waals surface area contributed by atoms with E-state index in [-0.39, 0.29) is 5.91 Å². The second kappa shape index (κ2) is 4.94. The van der Waals surface area contributed by atoms with Gasteiger partial charge >= 0.3 is 0 Å². The summed E-state index contributed by atoms with van der Waals surface area (Å²) >= 11 is 0. The summed E-state index contributed by atoms with van der Waals surface area (Å²) in [5.74, 6) is -0.292. The molecule has 0 bridgehead atoms. The number of aliphatic hydroxyl groups is 1. The lowest BCUT2D eigenvalue weighted by molar-refractivity contribution is -0.125. The van der Waals surface area contributed by atoms with Crippen molar-refractivity contribution in [2.45, 2.75) is 26.4 Å². The molecule has 1 N–H and O–H groups in total. The number of hydrogen-bond donors (Lipinski definition) is 1. The smallest absolute Gasteiger partial charge is 0.255 e. The van der Waals surface area contributed by atoms with Gasteiger partial charge in [-0.2, -0.15) is 0 Å². The van der Waals surface area contributed by atoms with Gasteiger partial charge in [-0.05, 0) is 31.0 Å². The maximum absolute atomic E-state index is 11.5. The topological polar surface area (TPSA) is 40.5 Å². The van der Waals surface area contributed by atoms with Crippen molar-refractivity contribution < 1.29 is 9.90 Å². The minimum absolute atomic E-state index is 0.292. The van der Waals surface area contributed by atoms with Crippen molar-refractivity contribution in [1.82, 2.24) is 0 Å². The van der Waals surface area contributed by atoms with E-state index in [9.17, 15) is 4.79 Å². The maximum atomic E-state index is 11.5. The number of nitrogens with zero attached hydrogens (tertiary/aromatic N) is 1.